The van der Waals surface area contributed by atoms with Gasteiger partial charge >= 0.3 is 5.97 Å². The fourth-order valence-electron chi connectivity index (χ4n) is 2.95. The molecule has 100 valence electrons. The number of carbonyl (C=O) groups excluding carboxylic acids is 2. The van der Waals surface area contributed by atoms with Gasteiger partial charge in [0, 0.05) is 0 Å². The Morgan fingerprint density at radius 3 is 2.42 bits per heavy atom. The molecule has 3 rings (SSSR count). The van der Waals surface area contributed by atoms with Crippen molar-refractivity contribution in [1.29, 1.82) is 0 Å². The molecule has 2 fully saturated rings. The van der Waals surface area contributed by atoms with Crippen LogP contribution in [0.5, 0.6) is 0 Å². The molecule has 1 aromatic heterocycles. The van der Waals surface area contributed by atoms with Gasteiger partial charge in [-0.1, -0.05) is 6.42 Å². The van der Waals surface area contributed by atoms with Gasteiger partial charge in [-0.15, -0.1) is 0 Å². The van der Waals surface area contributed by atoms with E-state index in [-0.39, 0.29) is 36.0 Å². The maximum Gasteiger partial charge on any atom is 0.371 e. The summed E-state index contributed by atoms with van der Waals surface area (Å²) in [5.41, 5.74) is 0. The van der Waals surface area contributed by atoms with E-state index >= 15 is 0 Å². The number of nitrogens with zero attached hydrogens (tertiary/aromatic N) is 1. The topological polar surface area (TPSA) is 87.8 Å². The molecule has 2 atom stereocenters. The zero-order chi connectivity index (χ0) is 13.6. The summed E-state index contributed by atoms with van der Waals surface area (Å²) in [7, 11) is 0. The quantitative estimate of drug-likeness (QED) is 0.829. The van der Waals surface area contributed by atoms with Crippen LogP contribution in [0.3, 0.4) is 0 Å². The summed E-state index contributed by atoms with van der Waals surface area (Å²) in [6, 6.07) is 2.81. The van der Waals surface area contributed by atoms with Crippen LogP contribution in [0.15, 0.2) is 16.5 Å². The molecule has 6 nitrogen and oxygen atoms in total. The Hall–Kier alpha value is -2.11. The Bertz CT molecular complexity index is 539. The fraction of sp³-hybridized carbons (Fsp3) is 0.462. The van der Waals surface area contributed by atoms with E-state index in [2.05, 4.69) is 0 Å². The minimum absolute atomic E-state index is 0.0257. The standard InChI is InChI=1S/C13H13NO5/c15-11-8-2-1-3-9(8)12(16)14(11)6-7-4-5-10(19-7)13(17)18/h4-5,8-9H,1-3,6H2,(H,17,18). The number of carbonyl (C=O) groups is 3. The van der Waals surface area contributed by atoms with Crippen molar-refractivity contribution in [3.05, 3.63) is 23.7 Å². The predicted octanol–water partition coefficient (Wildman–Crippen LogP) is 1.26. The van der Waals surface area contributed by atoms with E-state index in [0.29, 0.717) is 5.76 Å². The molecule has 1 saturated heterocycles. The van der Waals surface area contributed by atoms with Gasteiger partial charge in [-0.2, -0.15) is 0 Å². The molecule has 2 unspecified atom stereocenters. The third-order valence-corrected chi connectivity index (χ3v) is 3.87. The Kier molecular flexibility index (Phi) is 2.66. The van der Waals surface area contributed by atoms with Gasteiger partial charge in [0.25, 0.3) is 0 Å². The normalized spacial score (nSPS) is 26.0. The highest BCUT2D eigenvalue weighted by Gasteiger charge is 2.49. The molecule has 0 radical (unpaired) electrons. The van der Waals surface area contributed by atoms with Crippen molar-refractivity contribution in [3.8, 4) is 0 Å². The molecule has 0 bridgehead atoms. The molecule has 1 N–H and O–H groups in total. The lowest BCUT2D eigenvalue weighted by Gasteiger charge is -2.13. The van der Waals surface area contributed by atoms with Gasteiger partial charge in [-0.3, -0.25) is 14.5 Å². The summed E-state index contributed by atoms with van der Waals surface area (Å²) in [4.78, 5) is 36.1. The fourth-order valence-corrected chi connectivity index (χ4v) is 2.95. The third-order valence-electron chi connectivity index (χ3n) is 3.87. The number of imide groups is 1. The smallest absolute Gasteiger partial charge is 0.371 e. The van der Waals surface area contributed by atoms with Gasteiger partial charge in [0.05, 0.1) is 18.4 Å². The van der Waals surface area contributed by atoms with E-state index in [1.807, 2.05) is 0 Å². The molecular weight excluding hydrogens is 250 g/mol. The second-order valence-corrected chi connectivity index (χ2v) is 4.98. The molecule has 2 aliphatic rings. The van der Waals surface area contributed by atoms with E-state index in [1.165, 1.54) is 17.0 Å². The van der Waals surface area contributed by atoms with Crippen molar-refractivity contribution < 1.29 is 23.9 Å². The summed E-state index contributed by atoms with van der Waals surface area (Å²) in [6.07, 6.45) is 2.46. The zero-order valence-electron chi connectivity index (χ0n) is 10.2. The van der Waals surface area contributed by atoms with Crippen molar-refractivity contribution in [2.45, 2.75) is 25.8 Å². The highest BCUT2D eigenvalue weighted by Crippen LogP contribution is 2.40. The first-order valence-electron chi connectivity index (χ1n) is 6.25. The van der Waals surface area contributed by atoms with Gasteiger partial charge in [0.2, 0.25) is 17.6 Å². The van der Waals surface area contributed by atoms with Crippen LogP contribution in [0.25, 0.3) is 0 Å². The molecular formula is C13H13NO5. The number of rotatable bonds is 3. The van der Waals surface area contributed by atoms with Gasteiger partial charge in [-0.25, -0.2) is 4.79 Å². The predicted molar refractivity (Wildman–Crippen MR) is 62.1 cm³/mol. The van der Waals surface area contributed by atoms with E-state index in [9.17, 15) is 14.4 Å². The number of carboxylic acid groups (broad SMARTS) is 1. The van der Waals surface area contributed by atoms with Crippen LogP contribution in [0.4, 0.5) is 0 Å². The van der Waals surface area contributed by atoms with E-state index in [4.69, 9.17) is 9.52 Å². The Labute approximate surface area is 109 Å². The van der Waals surface area contributed by atoms with Gasteiger partial charge in [0.15, 0.2) is 0 Å². The van der Waals surface area contributed by atoms with Crippen LogP contribution in [0.2, 0.25) is 0 Å². The molecule has 1 saturated carbocycles. The second kappa shape index (κ2) is 4.22. The first-order valence-corrected chi connectivity index (χ1v) is 6.25. The number of furan rings is 1. The first kappa shape index (κ1) is 12.0. The van der Waals surface area contributed by atoms with E-state index < -0.39 is 5.97 Å². The number of likely N-dealkylation sites (tertiary alicyclic amines) is 1. The Morgan fingerprint density at radius 1 is 1.26 bits per heavy atom. The SMILES string of the molecule is O=C(O)c1ccc(CN2C(=O)C3CCCC3C2=O)o1. The molecule has 6 heteroatoms. The largest absolute Gasteiger partial charge is 0.475 e. The molecule has 1 aromatic rings. The number of hydrogen-bond acceptors (Lipinski definition) is 4. The zero-order valence-corrected chi connectivity index (χ0v) is 10.2. The summed E-state index contributed by atoms with van der Waals surface area (Å²) in [5, 5.41) is 8.75. The van der Waals surface area contributed by atoms with Crippen molar-refractivity contribution >= 4 is 17.8 Å². The van der Waals surface area contributed by atoms with Crippen LogP contribution in [-0.2, 0) is 16.1 Å². The van der Waals surface area contributed by atoms with Gasteiger partial charge < -0.3 is 9.52 Å². The van der Waals surface area contributed by atoms with Crippen molar-refractivity contribution in [1.82, 2.24) is 4.90 Å². The van der Waals surface area contributed by atoms with Crippen molar-refractivity contribution in [2.75, 3.05) is 0 Å². The minimum atomic E-state index is -1.16. The average molecular weight is 263 g/mol. The van der Waals surface area contributed by atoms with Crippen LogP contribution in [0, 0.1) is 11.8 Å². The van der Waals surface area contributed by atoms with Crippen molar-refractivity contribution in [2.24, 2.45) is 11.8 Å². The van der Waals surface area contributed by atoms with Crippen LogP contribution in [-0.4, -0.2) is 27.8 Å². The monoisotopic (exact) mass is 263 g/mol. The number of fused-ring (bicyclic) bond motifs is 1. The van der Waals surface area contributed by atoms with Gasteiger partial charge in [-0.05, 0) is 25.0 Å². The second-order valence-electron chi connectivity index (χ2n) is 4.98. The van der Waals surface area contributed by atoms with Crippen LogP contribution >= 0.6 is 0 Å². The van der Waals surface area contributed by atoms with E-state index in [0.717, 1.165) is 19.3 Å². The highest BCUT2D eigenvalue weighted by molar-refractivity contribution is 6.05. The summed E-state index contributed by atoms with van der Waals surface area (Å²) in [6.45, 7) is 0.0257. The lowest BCUT2D eigenvalue weighted by molar-refractivity contribution is -0.141. The molecule has 2 amide bonds. The maximum absolute atomic E-state index is 12.1. The maximum atomic E-state index is 12.1. The molecule has 0 spiro atoms. The molecule has 19 heavy (non-hydrogen) atoms. The molecule has 1 aliphatic carbocycles. The number of amides is 2. The summed E-state index contributed by atoms with van der Waals surface area (Å²) < 4.78 is 5.08. The lowest BCUT2D eigenvalue weighted by atomic mass is 10.00. The van der Waals surface area contributed by atoms with Gasteiger partial charge in [0.1, 0.15) is 5.76 Å². The first-order chi connectivity index (χ1) is 9.08. The molecule has 2 heterocycles. The number of hydrogen-bond donors (Lipinski definition) is 1. The Morgan fingerprint density at radius 2 is 1.89 bits per heavy atom. The minimum Gasteiger partial charge on any atom is -0.475 e. The lowest BCUT2D eigenvalue weighted by Crippen LogP contribution is -2.31. The average Bonchev–Trinajstić information content (AvgIpc) is 3.06. The van der Waals surface area contributed by atoms with Crippen molar-refractivity contribution in [3.63, 3.8) is 0 Å². The number of carboxylic acids is 1. The third kappa shape index (κ3) is 1.83. The van der Waals surface area contributed by atoms with E-state index in [1.54, 1.807) is 0 Å². The number of aromatic carboxylic acids is 1. The molecule has 0 aromatic carbocycles. The Balaban J connectivity index is 1.78. The molecule has 1 aliphatic heterocycles. The highest BCUT2D eigenvalue weighted by atomic mass is 16.4. The summed E-state index contributed by atoms with van der Waals surface area (Å²) in [5.74, 6) is -1.69. The summed E-state index contributed by atoms with van der Waals surface area (Å²) >= 11 is 0. The van der Waals surface area contributed by atoms with Crippen LogP contribution < -0.4 is 0 Å². The van der Waals surface area contributed by atoms with Crippen LogP contribution in [0.1, 0.15) is 35.6 Å².